The number of methoxy groups -OCH3 is 2. The molecule has 2 rings (SSSR count). The zero-order chi connectivity index (χ0) is 23.7. The van der Waals surface area contributed by atoms with Gasteiger partial charge in [-0.05, 0) is 68.7 Å². The van der Waals surface area contributed by atoms with E-state index in [0.717, 1.165) is 22.5 Å². The van der Waals surface area contributed by atoms with E-state index in [-0.39, 0.29) is 18.6 Å². The fraction of sp³-hybridized carbons (Fsp3) is 0.435. The normalized spacial score (nSPS) is 11.2. The van der Waals surface area contributed by atoms with Gasteiger partial charge in [-0.2, -0.15) is 0 Å². The van der Waals surface area contributed by atoms with Gasteiger partial charge in [-0.3, -0.25) is 9.10 Å². The molecule has 0 aromatic heterocycles. The van der Waals surface area contributed by atoms with Crippen LogP contribution in [0.5, 0.6) is 17.2 Å². The van der Waals surface area contributed by atoms with Crippen molar-refractivity contribution in [3.05, 3.63) is 48.0 Å². The number of nitrogens with one attached hydrogen (secondary N) is 1. The fourth-order valence-corrected chi connectivity index (χ4v) is 3.96. The number of nitrogens with zero attached hydrogens (tertiary/aromatic N) is 1. The second-order valence-electron chi connectivity index (χ2n) is 7.57. The Hall–Kier alpha value is -2.94. The molecule has 0 heterocycles. The molecule has 0 aliphatic carbocycles. The van der Waals surface area contributed by atoms with Gasteiger partial charge in [-0.1, -0.05) is 6.07 Å². The molecule has 2 aromatic rings. The van der Waals surface area contributed by atoms with Crippen LogP contribution in [0, 0.1) is 0 Å². The van der Waals surface area contributed by atoms with Gasteiger partial charge in [0, 0.05) is 6.54 Å². The molecule has 1 N–H and O–H groups in total. The molecule has 0 atom stereocenters. The molecular formula is C23H32N2O6S. The van der Waals surface area contributed by atoms with Crippen molar-refractivity contribution in [1.29, 1.82) is 0 Å². The molecule has 0 unspecified atom stereocenters. The number of hydrogen-bond donors (Lipinski definition) is 1. The highest BCUT2D eigenvalue weighted by Crippen LogP contribution is 2.28. The third-order valence-electron chi connectivity index (χ3n) is 4.60. The quantitative estimate of drug-likeness (QED) is 0.486. The maximum Gasteiger partial charge on any atom is 0.240 e. The summed E-state index contributed by atoms with van der Waals surface area (Å²) in [6.07, 6.45) is 2.52. The lowest BCUT2D eigenvalue weighted by atomic mass is 10.1. The molecule has 2 aromatic carbocycles. The Kier molecular flexibility index (Phi) is 9.19. The summed E-state index contributed by atoms with van der Waals surface area (Å²) in [6.45, 7) is 3.95. The number of benzene rings is 2. The number of hydrogen-bond acceptors (Lipinski definition) is 6. The zero-order valence-corrected chi connectivity index (χ0v) is 20.1. The highest BCUT2D eigenvalue weighted by Gasteiger charge is 2.20. The maximum atomic E-state index is 12.4. The first-order chi connectivity index (χ1) is 15.1. The van der Waals surface area contributed by atoms with Crippen LogP contribution in [0.25, 0.3) is 0 Å². The Morgan fingerprint density at radius 2 is 1.69 bits per heavy atom. The lowest BCUT2D eigenvalue weighted by Gasteiger charge is -2.22. The molecule has 0 aliphatic heterocycles. The van der Waals surface area contributed by atoms with Crippen LogP contribution >= 0.6 is 0 Å². The Balaban J connectivity index is 1.91. The smallest absolute Gasteiger partial charge is 0.240 e. The van der Waals surface area contributed by atoms with E-state index in [4.69, 9.17) is 14.2 Å². The average molecular weight is 465 g/mol. The number of amides is 1. The van der Waals surface area contributed by atoms with Crippen LogP contribution < -0.4 is 23.8 Å². The summed E-state index contributed by atoms with van der Waals surface area (Å²) in [5.41, 5.74) is 1.46. The van der Waals surface area contributed by atoms with Crippen LogP contribution in [0.2, 0.25) is 0 Å². The lowest BCUT2D eigenvalue weighted by Crippen LogP contribution is -2.40. The number of carbonyl (C=O) groups excluding carboxylic acids is 1. The first-order valence-corrected chi connectivity index (χ1v) is 12.2. The van der Waals surface area contributed by atoms with Crippen LogP contribution in [0.3, 0.4) is 0 Å². The fourth-order valence-electron chi connectivity index (χ4n) is 3.11. The molecule has 0 spiro atoms. The molecule has 32 heavy (non-hydrogen) atoms. The van der Waals surface area contributed by atoms with E-state index in [1.807, 2.05) is 32.0 Å². The largest absolute Gasteiger partial charge is 0.493 e. The van der Waals surface area contributed by atoms with Gasteiger partial charge in [0.2, 0.25) is 15.9 Å². The summed E-state index contributed by atoms with van der Waals surface area (Å²) in [5.74, 6) is 1.58. The number of sulfonamides is 1. The van der Waals surface area contributed by atoms with Crippen molar-refractivity contribution in [2.75, 3.05) is 37.9 Å². The Morgan fingerprint density at radius 1 is 1.03 bits per heavy atom. The standard InChI is InChI=1S/C23H32N2O6S/c1-17(2)31-20-11-9-19(10-12-20)25(32(5,27)28)16-23(26)24-14-6-7-18-8-13-21(29-3)22(15-18)30-4/h8-13,15,17H,6-7,14,16H2,1-5H3,(H,24,26). The van der Waals surface area contributed by atoms with Gasteiger partial charge >= 0.3 is 0 Å². The minimum atomic E-state index is -3.63. The van der Waals surface area contributed by atoms with E-state index < -0.39 is 10.0 Å². The molecular weight excluding hydrogens is 432 g/mol. The van der Waals surface area contributed by atoms with Crippen LogP contribution in [-0.4, -0.2) is 54.0 Å². The van der Waals surface area contributed by atoms with E-state index in [1.54, 1.807) is 38.5 Å². The first kappa shape index (κ1) is 25.3. The van der Waals surface area contributed by atoms with Gasteiger partial charge < -0.3 is 19.5 Å². The molecule has 0 radical (unpaired) electrons. The molecule has 9 heteroatoms. The highest BCUT2D eigenvalue weighted by atomic mass is 32.2. The summed E-state index contributed by atoms with van der Waals surface area (Å²) in [4.78, 5) is 12.4. The average Bonchev–Trinajstić information content (AvgIpc) is 2.74. The van der Waals surface area contributed by atoms with Gasteiger partial charge in [0.15, 0.2) is 11.5 Å². The van der Waals surface area contributed by atoms with Crippen LogP contribution in [0.1, 0.15) is 25.8 Å². The number of anilines is 1. The zero-order valence-electron chi connectivity index (χ0n) is 19.3. The number of carbonyl (C=O) groups is 1. The molecule has 0 saturated heterocycles. The minimum absolute atomic E-state index is 0.0108. The predicted octanol–water partition coefficient (Wildman–Crippen LogP) is 3.01. The molecule has 0 saturated carbocycles. The summed E-state index contributed by atoms with van der Waals surface area (Å²) in [6, 6.07) is 12.3. The SMILES string of the molecule is COc1ccc(CCCNC(=O)CN(c2ccc(OC(C)C)cc2)S(C)(=O)=O)cc1OC. The van der Waals surface area contributed by atoms with Crippen LogP contribution in [-0.2, 0) is 21.2 Å². The molecule has 8 nitrogen and oxygen atoms in total. The summed E-state index contributed by atoms with van der Waals surface area (Å²) in [5, 5.41) is 2.79. The van der Waals surface area contributed by atoms with Crippen molar-refractivity contribution in [2.45, 2.75) is 32.8 Å². The molecule has 0 fully saturated rings. The molecule has 1 amide bonds. The van der Waals surface area contributed by atoms with Gasteiger partial charge in [-0.25, -0.2) is 8.42 Å². The monoisotopic (exact) mass is 464 g/mol. The third-order valence-corrected chi connectivity index (χ3v) is 5.74. The highest BCUT2D eigenvalue weighted by molar-refractivity contribution is 7.92. The van der Waals surface area contributed by atoms with Crippen molar-refractivity contribution < 1.29 is 27.4 Å². The van der Waals surface area contributed by atoms with E-state index in [0.29, 0.717) is 35.9 Å². The maximum absolute atomic E-state index is 12.4. The summed E-state index contributed by atoms with van der Waals surface area (Å²) < 4.78 is 41.7. The third kappa shape index (κ3) is 7.64. The van der Waals surface area contributed by atoms with E-state index >= 15 is 0 Å². The first-order valence-electron chi connectivity index (χ1n) is 10.4. The second-order valence-corrected chi connectivity index (χ2v) is 9.48. The van der Waals surface area contributed by atoms with E-state index in [2.05, 4.69) is 5.32 Å². The summed E-state index contributed by atoms with van der Waals surface area (Å²) >= 11 is 0. The molecule has 176 valence electrons. The van der Waals surface area contributed by atoms with Gasteiger partial charge in [-0.15, -0.1) is 0 Å². The summed E-state index contributed by atoms with van der Waals surface area (Å²) in [7, 11) is -0.463. The van der Waals surface area contributed by atoms with Crippen LogP contribution in [0.4, 0.5) is 5.69 Å². The Bertz CT molecular complexity index is 990. The predicted molar refractivity (Wildman–Crippen MR) is 125 cm³/mol. The number of ether oxygens (including phenoxy) is 3. The van der Waals surface area contributed by atoms with Crippen molar-refractivity contribution in [3.8, 4) is 17.2 Å². The van der Waals surface area contributed by atoms with Crippen molar-refractivity contribution in [2.24, 2.45) is 0 Å². The van der Waals surface area contributed by atoms with Crippen molar-refractivity contribution in [1.82, 2.24) is 5.32 Å². The van der Waals surface area contributed by atoms with Gasteiger partial charge in [0.25, 0.3) is 0 Å². The number of rotatable bonds is 12. The van der Waals surface area contributed by atoms with E-state index in [9.17, 15) is 13.2 Å². The topological polar surface area (TPSA) is 94.2 Å². The number of aryl methyl sites for hydroxylation is 1. The van der Waals surface area contributed by atoms with Gasteiger partial charge in [0.1, 0.15) is 12.3 Å². The molecule has 0 aliphatic rings. The second kappa shape index (κ2) is 11.6. The van der Waals surface area contributed by atoms with Crippen LogP contribution in [0.15, 0.2) is 42.5 Å². The minimum Gasteiger partial charge on any atom is -0.493 e. The lowest BCUT2D eigenvalue weighted by molar-refractivity contribution is -0.119. The van der Waals surface area contributed by atoms with Gasteiger partial charge in [0.05, 0.1) is 32.3 Å². The Labute approximate surface area is 190 Å². The molecule has 0 bridgehead atoms. The van der Waals surface area contributed by atoms with E-state index in [1.165, 1.54) is 0 Å². The van der Waals surface area contributed by atoms with Crippen molar-refractivity contribution >= 4 is 21.6 Å². The Morgan fingerprint density at radius 3 is 2.25 bits per heavy atom. The van der Waals surface area contributed by atoms with Crippen molar-refractivity contribution in [3.63, 3.8) is 0 Å².